The number of para-hydroxylation sites is 1. The van der Waals surface area contributed by atoms with E-state index in [1.54, 1.807) is 44.2 Å². The Balaban J connectivity index is 2.25. The number of alkyl halides is 3. The Morgan fingerprint density at radius 3 is 2.29 bits per heavy atom. The minimum Gasteiger partial charge on any atom is -0.508 e. The van der Waals surface area contributed by atoms with E-state index in [-0.39, 0.29) is 16.7 Å². The number of phenolic OH excluding ortho intramolecular Hbond substituents is 1. The maximum absolute atomic E-state index is 14.4. The molecule has 0 aliphatic rings. The normalized spacial score (nSPS) is 16.0. The standard InChI is InChI=1S/C22H22F3NO2/c1-14(20(2,3)15-7-6-8-16(27)13-15)21(28,22(23,24)25)18-11-12-26-19-10-5-4-9-17(18)19/h4-14,27-28H,1-3H3. The summed E-state index contributed by atoms with van der Waals surface area (Å²) in [5.41, 5.74) is -3.57. The Morgan fingerprint density at radius 1 is 0.964 bits per heavy atom. The van der Waals surface area contributed by atoms with Crippen LogP contribution in [0.5, 0.6) is 5.75 Å². The summed E-state index contributed by atoms with van der Waals surface area (Å²) in [6.07, 6.45) is -3.65. The third-order valence-electron chi connectivity index (χ3n) is 5.79. The predicted molar refractivity (Wildman–Crippen MR) is 102 cm³/mol. The van der Waals surface area contributed by atoms with Gasteiger partial charge in [0.2, 0.25) is 0 Å². The van der Waals surface area contributed by atoms with E-state index in [1.165, 1.54) is 37.4 Å². The van der Waals surface area contributed by atoms with Crippen LogP contribution in [0.25, 0.3) is 10.9 Å². The van der Waals surface area contributed by atoms with Gasteiger partial charge in [0.1, 0.15) is 5.75 Å². The molecule has 28 heavy (non-hydrogen) atoms. The average molecular weight is 389 g/mol. The van der Waals surface area contributed by atoms with Gasteiger partial charge in [-0.15, -0.1) is 0 Å². The fourth-order valence-corrected chi connectivity index (χ4v) is 3.74. The average Bonchev–Trinajstić information content (AvgIpc) is 2.65. The number of aliphatic hydroxyl groups is 1. The van der Waals surface area contributed by atoms with E-state index in [4.69, 9.17) is 0 Å². The second-order valence-corrected chi connectivity index (χ2v) is 7.63. The summed E-state index contributed by atoms with van der Waals surface area (Å²) in [6.45, 7) is 4.64. The van der Waals surface area contributed by atoms with E-state index < -0.39 is 23.1 Å². The molecule has 3 aromatic rings. The van der Waals surface area contributed by atoms with Crippen molar-refractivity contribution in [1.82, 2.24) is 4.98 Å². The smallest absolute Gasteiger partial charge is 0.421 e. The molecule has 0 radical (unpaired) electrons. The van der Waals surface area contributed by atoms with Crippen molar-refractivity contribution in [3.05, 3.63) is 71.9 Å². The summed E-state index contributed by atoms with van der Waals surface area (Å²) in [5, 5.41) is 21.3. The van der Waals surface area contributed by atoms with Crippen LogP contribution in [0.4, 0.5) is 13.2 Å². The van der Waals surface area contributed by atoms with Gasteiger partial charge in [0.05, 0.1) is 5.52 Å². The van der Waals surface area contributed by atoms with Crippen molar-refractivity contribution in [2.24, 2.45) is 5.92 Å². The van der Waals surface area contributed by atoms with Crippen LogP contribution >= 0.6 is 0 Å². The van der Waals surface area contributed by atoms with Crippen LogP contribution in [0.2, 0.25) is 0 Å². The highest BCUT2D eigenvalue weighted by atomic mass is 19.4. The minimum atomic E-state index is -4.93. The molecule has 3 rings (SSSR count). The van der Waals surface area contributed by atoms with E-state index in [2.05, 4.69) is 4.98 Å². The summed E-state index contributed by atoms with van der Waals surface area (Å²) in [7, 11) is 0. The molecule has 2 unspecified atom stereocenters. The van der Waals surface area contributed by atoms with Gasteiger partial charge in [-0.3, -0.25) is 4.98 Å². The van der Waals surface area contributed by atoms with Gasteiger partial charge in [0, 0.05) is 23.1 Å². The van der Waals surface area contributed by atoms with Crippen LogP contribution in [-0.4, -0.2) is 21.4 Å². The Hall–Kier alpha value is -2.60. The summed E-state index contributed by atoms with van der Waals surface area (Å²) in [5.74, 6) is -1.31. The van der Waals surface area contributed by atoms with Gasteiger partial charge >= 0.3 is 6.18 Å². The molecule has 0 aliphatic carbocycles. The molecule has 0 aliphatic heterocycles. The van der Waals surface area contributed by atoms with Gasteiger partial charge in [-0.05, 0) is 35.2 Å². The minimum absolute atomic E-state index is 0.0392. The number of pyridine rings is 1. The molecule has 3 nitrogen and oxygen atoms in total. The molecule has 148 valence electrons. The van der Waals surface area contributed by atoms with Crippen molar-refractivity contribution < 1.29 is 23.4 Å². The van der Waals surface area contributed by atoms with Crippen molar-refractivity contribution in [3.8, 4) is 5.75 Å². The number of fused-ring (bicyclic) bond motifs is 1. The van der Waals surface area contributed by atoms with Crippen LogP contribution in [-0.2, 0) is 11.0 Å². The molecule has 0 spiro atoms. The molecule has 0 saturated heterocycles. The second kappa shape index (κ2) is 6.78. The zero-order valence-electron chi connectivity index (χ0n) is 15.8. The van der Waals surface area contributed by atoms with Crippen molar-refractivity contribution in [3.63, 3.8) is 0 Å². The first-order chi connectivity index (χ1) is 13.0. The number of hydrogen-bond donors (Lipinski definition) is 2. The van der Waals surface area contributed by atoms with Crippen LogP contribution in [0, 0.1) is 5.92 Å². The quantitative estimate of drug-likeness (QED) is 0.636. The summed E-state index contributed by atoms with van der Waals surface area (Å²) in [6, 6.07) is 13.8. The summed E-state index contributed by atoms with van der Waals surface area (Å²) >= 11 is 0. The van der Waals surface area contributed by atoms with Gasteiger partial charge in [0.15, 0.2) is 5.60 Å². The monoisotopic (exact) mass is 389 g/mol. The van der Waals surface area contributed by atoms with Gasteiger partial charge in [-0.1, -0.05) is 51.1 Å². The fourth-order valence-electron chi connectivity index (χ4n) is 3.74. The van der Waals surface area contributed by atoms with E-state index in [9.17, 15) is 23.4 Å². The van der Waals surface area contributed by atoms with Crippen molar-refractivity contribution in [2.45, 2.75) is 38.0 Å². The first-order valence-electron chi connectivity index (χ1n) is 8.92. The number of rotatable bonds is 4. The number of hydrogen-bond acceptors (Lipinski definition) is 3. The lowest BCUT2D eigenvalue weighted by molar-refractivity contribution is -0.291. The number of halogens is 3. The Labute approximate surface area is 161 Å². The molecule has 0 fully saturated rings. The number of aromatic nitrogens is 1. The second-order valence-electron chi connectivity index (χ2n) is 7.63. The molecule has 0 bridgehead atoms. The number of aromatic hydroxyl groups is 1. The summed E-state index contributed by atoms with van der Waals surface area (Å²) < 4.78 is 43.1. The Kier molecular flexibility index (Phi) is 4.88. The van der Waals surface area contributed by atoms with Crippen LogP contribution < -0.4 is 0 Å². The molecular weight excluding hydrogens is 367 g/mol. The van der Waals surface area contributed by atoms with E-state index in [0.717, 1.165) is 0 Å². The highest BCUT2D eigenvalue weighted by molar-refractivity contribution is 5.83. The first-order valence-corrected chi connectivity index (χ1v) is 8.92. The molecule has 1 heterocycles. The zero-order chi connectivity index (χ0) is 20.7. The van der Waals surface area contributed by atoms with Crippen LogP contribution in [0.3, 0.4) is 0 Å². The van der Waals surface area contributed by atoms with Crippen LogP contribution in [0.15, 0.2) is 60.8 Å². The predicted octanol–water partition coefficient (Wildman–Crippen LogP) is 5.30. The number of phenols is 1. The number of nitrogens with zero attached hydrogens (tertiary/aromatic N) is 1. The van der Waals surface area contributed by atoms with Gasteiger partial charge in [-0.2, -0.15) is 13.2 Å². The lowest BCUT2D eigenvalue weighted by Crippen LogP contribution is -2.53. The molecule has 6 heteroatoms. The third-order valence-corrected chi connectivity index (χ3v) is 5.79. The van der Waals surface area contributed by atoms with Crippen LogP contribution in [0.1, 0.15) is 31.9 Å². The molecule has 2 atom stereocenters. The maximum Gasteiger partial charge on any atom is 0.421 e. The SMILES string of the molecule is CC(C(C)(C)c1cccc(O)c1)C(O)(c1ccnc2ccccc12)C(F)(F)F. The lowest BCUT2D eigenvalue weighted by Gasteiger charge is -2.45. The number of benzene rings is 2. The first kappa shape index (κ1) is 20.1. The topological polar surface area (TPSA) is 53.4 Å². The van der Waals surface area contributed by atoms with E-state index in [0.29, 0.717) is 11.1 Å². The van der Waals surface area contributed by atoms with Gasteiger partial charge < -0.3 is 10.2 Å². The van der Waals surface area contributed by atoms with E-state index >= 15 is 0 Å². The maximum atomic E-state index is 14.4. The van der Waals surface area contributed by atoms with Gasteiger partial charge in [-0.25, -0.2) is 0 Å². The molecule has 2 aromatic carbocycles. The van der Waals surface area contributed by atoms with Crippen molar-refractivity contribution in [1.29, 1.82) is 0 Å². The Morgan fingerprint density at radius 2 is 1.64 bits per heavy atom. The molecule has 2 N–H and O–H groups in total. The van der Waals surface area contributed by atoms with Crippen molar-refractivity contribution >= 4 is 10.9 Å². The fraction of sp³-hybridized carbons (Fsp3) is 0.318. The highest BCUT2D eigenvalue weighted by Crippen LogP contribution is 2.52. The Bertz CT molecular complexity index is 995. The molecule has 1 aromatic heterocycles. The highest BCUT2D eigenvalue weighted by Gasteiger charge is 2.62. The summed E-state index contributed by atoms with van der Waals surface area (Å²) in [4.78, 5) is 4.12. The molecule has 0 amide bonds. The van der Waals surface area contributed by atoms with Crippen molar-refractivity contribution in [2.75, 3.05) is 0 Å². The largest absolute Gasteiger partial charge is 0.508 e. The third kappa shape index (κ3) is 3.11. The lowest BCUT2D eigenvalue weighted by atomic mass is 9.64. The van der Waals surface area contributed by atoms with Gasteiger partial charge in [0.25, 0.3) is 0 Å². The van der Waals surface area contributed by atoms with E-state index in [1.807, 2.05) is 0 Å². The molecular formula is C22H22F3NO2. The molecule has 0 saturated carbocycles. The zero-order valence-corrected chi connectivity index (χ0v) is 15.8.